The van der Waals surface area contributed by atoms with Crippen LogP contribution in [0.15, 0.2) is 34.1 Å². The molecule has 0 spiro atoms. The highest BCUT2D eigenvalue weighted by Gasteiger charge is 2.17. The Bertz CT molecular complexity index is 565. The molecule has 1 aliphatic heterocycles. The molecule has 2 nitrogen and oxygen atoms in total. The zero-order valence-electron chi connectivity index (χ0n) is 10.0. The second kappa shape index (κ2) is 5.03. The van der Waals surface area contributed by atoms with Crippen LogP contribution in [0.4, 0.5) is 5.69 Å². The van der Waals surface area contributed by atoms with Crippen molar-refractivity contribution in [3.63, 3.8) is 0 Å². The number of nitrogens with zero attached hydrogens (tertiary/aromatic N) is 1. The largest absolute Gasteiger partial charge is 0.399 e. The highest BCUT2D eigenvalue weighted by molar-refractivity contribution is 9.10. The van der Waals surface area contributed by atoms with E-state index in [1.54, 1.807) is 0 Å². The van der Waals surface area contributed by atoms with Gasteiger partial charge in [-0.2, -0.15) is 0 Å². The van der Waals surface area contributed by atoms with Gasteiger partial charge in [-0.15, -0.1) is 11.3 Å². The number of halogens is 1. The van der Waals surface area contributed by atoms with Crippen molar-refractivity contribution in [2.24, 2.45) is 0 Å². The Morgan fingerprint density at radius 1 is 1.28 bits per heavy atom. The lowest BCUT2D eigenvalue weighted by Gasteiger charge is -2.28. The molecule has 0 unspecified atom stereocenters. The third-order valence-corrected chi connectivity index (χ3v) is 5.29. The van der Waals surface area contributed by atoms with Crippen molar-refractivity contribution in [1.82, 2.24) is 4.90 Å². The molecule has 2 heterocycles. The number of thiophene rings is 1. The van der Waals surface area contributed by atoms with E-state index in [4.69, 9.17) is 5.73 Å². The number of anilines is 1. The summed E-state index contributed by atoms with van der Waals surface area (Å²) in [6.45, 7) is 3.15. The molecule has 18 heavy (non-hydrogen) atoms. The zero-order valence-corrected chi connectivity index (χ0v) is 12.4. The van der Waals surface area contributed by atoms with Crippen LogP contribution in [-0.4, -0.2) is 11.4 Å². The van der Waals surface area contributed by atoms with E-state index in [0.717, 1.165) is 31.7 Å². The van der Waals surface area contributed by atoms with Gasteiger partial charge >= 0.3 is 0 Å². The summed E-state index contributed by atoms with van der Waals surface area (Å²) in [5, 5.41) is 2.13. The molecule has 4 heteroatoms. The van der Waals surface area contributed by atoms with Crippen LogP contribution >= 0.6 is 27.3 Å². The van der Waals surface area contributed by atoms with Crippen LogP contribution < -0.4 is 5.73 Å². The number of nitrogen functional groups attached to an aromatic ring is 1. The molecule has 0 radical (unpaired) electrons. The lowest BCUT2D eigenvalue weighted by atomic mass is 9.99. The van der Waals surface area contributed by atoms with Gasteiger partial charge in [-0.25, -0.2) is 0 Å². The van der Waals surface area contributed by atoms with Gasteiger partial charge in [0.2, 0.25) is 0 Å². The fraction of sp³-hybridized carbons (Fsp3) is 0.286. The molecule has 0 saturated carbocycles. The monoisotopic (exact) mass is 322 g/mol. The standard InChI is InChI=1S/C14H15BrN2S/c15-13-4-6-18-14(13)9-17-5-3-10-1-2-12(16)7-11(10)8-17/h1-2,4,6-7H,3,5,8-9,16H2. The molecule has 0 amide bonds. The van der Waals surface area contributed by atoms with Gasteiger partial charge in [0.05, 0.1) is 0 Å². The van der Waals surface area contributed by atoms with Gasteiger partial charge < -0.3 is 5.73 Å². The molecule has 94 valence electrons. The van der Waals surface area contributed by atoms with E-state index < -0.39 is 0 Å². The summed E-state index contributed by atoms with van der Waals surface area (Å²) < 4.78 is 1.23. The van der Waals surface area contributed by atoms with Crippen LogP contribution in [0.5, 0.6) is 0 Å². The Kier molecular flexibility index (Phi) is 3.41. The predicted molar refractivity (Wildman–Crippen MR) is 80.7 cm³/mol. The first kappa shape index (κ1) is 12.2. The summed E-state index contributed by atoms with van der Waals surface area (Å²) >= 11 is 5.41. The molecular formula is C14H15BrN2S. The SMILES string of the molecule is Nc1ccc2c(c1)CN(Cc1sccc1Br)CC2. The molecule has 2 aromatic rings. The Morgan fingerprint density at radius 2 is 2.17 bits per heavy atom. The van der Waals surface area contributed by atoms with Crippen LogP contribution in [0.25, 0.3) is 0 Å². The molecule has 2 N–H and O–H groups in total. The second-order valence-corrected chi connectivity index (χ2v) is 6.54. The molecular weight excluding hydrogens is 308 g/mol. The molecule has 0 fully saturated rings. The lowest BCUT2D eigenvalue weighted by molar-refractivity contribution is 0.247. The Labute approximate surface area is 120 Å². The first-order chi connectivity index (χ1) is 8.72. The van der Waals surface area contributed by atoms with Gasteiger partial charge in [0.15, 0.2) is 0 Å². The van der Waals surface area contributed by atoms with E-state index in [9.17, 15) is 0 Å². The predicted octanol–water partition coefficient (Wildman–Crippen LogP) is 3.65. The summed E-state index contributed by atoms with van der Waals surface area (Å²) in [5.74, 6) is 0. The topological polar surface area (TPSA) is 29.3 Å². The molecule has 0 saturated heterocycles. The fourth-order valence-electron chi connectivity index (χ4n) is 2.41. The summed E-state index contributed by atoms with van der Waals surface area (Å²) in [4.78, 5) is 3.89. The zero-order chi connectivity index (χ0) is 12.5. The number of hydrogen-bond donors (Lipinski definition) is 1. The van der Waals surface area contributed by atoms with Gasteiger partial charge in [0.25, 0.3) is 0 Å². The quantitative estimate of drug-likeness (QED) is 0.855. The maximum Gasteiger partial charge on any atom is 0.0342 e. The molecule has 0 bridgehead atoms. The average Bonchev–Trinajstić information content (AvgIpc) is 2.74. The highest BCUT2D eigenvalue weighted by atomic mass is 79.9. The molecule has 0 aliphatic carbocycles. The molecule has 1 aromatic carbocycles. The Balaban J connectivity index is 1.76. The first-order valence-electron chi connectivity index (χ1n) is 6.04. The third-order valence-electron chi connectivity index (χ3n) is 3.38. The van der Waals surface area contributed by atoms with Crippen LogP contribution in [0.3, 0.4) is 0 Å². The van der Waals surface area contributed by atoms with Crippen molar-refractivity contribution >= 4 is 33.0 Å². The maximum atomic E-state index is 5.86. The van der Waals surface area contributed by atoms with Gasteiger partial charge in [-0.3, -0.25) is 4.90 Å². The Morgan fingerprint density at radius 3 is 2.94 bits per heavy atom. The van der Waals surface area contributed by atoms with Gasteiger partial charge in [-0.05, 0) is 57.1 Å². The minimum atomic E-state index is 0.868. The van der Waals surface area contributed by atoms with E-state index in [1.165, 1.54) is 20.5 Å². The number of nitrogens with two attached hydrogens (primary N) is 1. The smallest absolute Gasteiger partial charge is 0.0342 e. The second-order valence-electron chi connectivity index (χ2n) is 4.68. The van der Waals surface area contributed by atoms with E-state index in [-0.39, 0.29) is 0 Å². The highest BCUT2D eigenvalue weighted by Crippen LogP contribution is 2.27. The van der Waals surface area contributed by atoms with Gasteiger partial charge in [0.1, 0.15) is 0 Å². The van der Waals surface area contributed by atoms with Crippen molar-refractivity contribution in [3.8, 4) is 0 Å². The summed E-state index contributed by atoms with van der Waals surface area (Å²) in [6, 6.07) is 8.41. The summed E-state index contributed by atoms with van der Waals surface area (Å²) in [5.41, 5.74) is 9.56. The third kappa shape index (κ3) is 2.46. The van der Waals surface area contributed by atoms with Gasteiger partial charge in [-0.1, -0.05) is 6.07 Å². The van der Waals surface area contributed by atoms with Crippen LogP contribution in [0.1, 0.15) is 16.0 Å². The van der Waals surface area contributed by atoms with Crippen molar-refractivity contribution in [2.75, 3.05) is 12.3 Å². The first-order valence-corrected chi connectivity index (χ1v) is 7.71. The van der Waals surface area contributed by atoms with Crippen molar-refractivity contribution in [2.45, 2.75) is 19.5 Å². The van der Waals surface area contributed by atoms with E-state index in [0.29, 0.717) is 0 Å². The van der Waals surface area contributed by atoms with E-state index >= 15 is 0 Å². The minimum absolute atomic E-state index is 0.868. The Hall–Kier alpha value is -0.840. The van der Waals surface area contributed by atoms with E-state index in [2.05, 4.69) is 44.4 Å². The molecule has 1 aliphatic rings. The van der Waals surface area contributed by atoms with Gasteiger partial charge in [0, 0.05) is 34.7 Å². The number of rotatable bonds is 2. The fourth-order valence-corrected chi connectivity index (χ4v) is 3.93. The van der Waals surface area contributed by atoms with Crippen molar-refractivity contribution < 1.29 is 0 Å². The maximum absolute atomic E-state index is 5.86. The number of hydrogen-bond acceptors (Lipinski definition) is 3. The van der Waals surface area contributed by atoms with Crippen LogP contribution in [-0.2, 0) is 19.5 Å². The van der Waals surface area contributed by atoms with Crippen LogP contribution in [0, 0.1) is 0 Å². The molecule has 0 atom stereocenters. The van der Waals surface area contributed by atoms with E-state index in [1.807, 2.05) is 17.4 Å². The minimum Gasteiger partial charge on any atom is -0.399 e. The number of benzene rings is 1. The molecule has 3 rings (SSSR count). The average molecular weight is 323 g/mol. The lowest BCUT2D eigenvalue weighted by Crippen LogP contribution is -2.29. The summed E-state index contributed by atoms with van der Waals surface area (Å²) in [7, 11) is 0. The molecule has 1 aromatic heterocycles. The van der Waals surface area contributed by atoms with Crippen molar-refractivity contribution in [3.05, 3.63) is 50.1 Å². The van der Waals surface area contributed by atoms with Crippen LogP contribution in [0.2, 0.25) is 0 Å². The summed E-state index contributed by atoms with van der Waals surface area (Å²) in [6.07, 6.45) is 1.12. The van der Waals surface area contributed by atoms with Crippen molar-refractivity contribution in [1.29, 1.82) is 0 Å². The number of fused-ring (bicyclic) bond motifs is 1. The normalized spacial score (nSPS) is 15.6.